The number of hydrogen-bond donors (Lipinski definition) is 0. The van der Waals surface area contributed by atoms with Gasteiger partial charge in [-0.25, -0.2) is 0 Å². The molecule has 0 saturated heterocycles. The fraction of sp³-hybridized carbons (Fsp3) is 0. The SMILES string of the molecule is C1=Cc2ccccc2P(c2ccccc2)C=C1.[C-]#[O+].[C-]#[O+].[C-]#[O+].[C-]#[O+].[Fe]. The molecule has 4 nitrogen and oxygen atoms in total. The van der Waals surface area contributed by atoms with Crippen molar-refractivity contribution in [3.05, 3.63) is 105 Å². The van der Waals surface area contributed by atoms with E-state index in [0.717, 1.165) is 0 Å². The molecule has 0 spiro atoms. The minimum absolute atomic E-state index is 0. The van der Waals surface area contributed by atoms with E-state index in [4.69, 9.17) is 18.6 Å². The maximum absolute atomic E-state index is 7.50. The molecule has 26 heavy (non-hydrogen) atoms. The minimum atomic E-state index is -0.352. The molecule has 0 aliphatic carbocycles. The molecule has 3 rings (SSSR count). The first kappa shape index (κ1) is 28.6. The van der Waals surface area contributed by atoms with Crippen LogP contribution in [0.1, 0.15) is 5.56 Å². The molecule has 2 aromatic carbocycles. The van der Waals surface area contributed by atoms with Crippen LogP contribution in [0.3, 0.4) is 0 Å². The van der Waals surface area contributed by atoms with Crippen LogP contribution in [0.15, 0.2) is 72.6 Å². The van der Waals surface area contributed by atoms with Crippen molar-refractivity contribution in [2.24, 2.45) is 0 Å². The zero-order chi connectivity index (χ0) is 19.5. The van der Waals surface area contributed by atoms with Gasteiger partial charge < -0.3 is 0 Å². The van der Waals surface area contributed by atoms with Crippen molar-refractivity contribution in [1.82, 2.24) is 0 Å². The standard InChI is InChI=1S/C16H13P.4CO.Fe/c1-2-10-15(11-3-1)17-13-7-6-9-14-8-4-5-12-16(14)17;4*1-2;/h1-13H;;;;;. The first-order chi connectivity index (χ1) is 12.4. The van der Waals surface area contributed by atoms with Gasteiger partial charge in [0.05, 0.1) is 0 Å². The molecule has 0 radical (unpaired) electrons. The van der Waals surface area contributed by atoms with Crippen LogP contribution in [0.4, 0.5) is 0 Å². The van der Waals surface area contributed by atoms with Crippen LogP contribution in [0, 0.1) is 26.6 Å². The number of allylic oxidation sites excluding steroid dienone is 2. The first-order valence-electron chi connectivity index (χ1n) is 6.55. The van der Waals surface area contributed by atoms with Gasteiger partial charge in [-0.05, 0) is 24.1 Å². The van der Waals surface area contributed by atoms with Gasteiger partial charge in [-0.3, -0.25) is 0 Å². The summed E-state index contributed by atoms with van der Waals surface area (Å²) in [4.78, 5) is 0. The summed E-state index contributed by atoms with van der Waals surface area (Å²) in [6.07, 6.45) is 6.49. The van der Waals surface area contributed by atoms with E-state index in [0.29, 0.717) is 0 Å². The second-order valence-electron chi connectivity index (χ2n) is 3.97. The Bertz CT molecular complexity index is 722. The second-order valence-corrected chi connectivity index (χ2v) is 6.00. The van der Waals surface area contributed by atoms with Crippen molar-refractivity contribution in [2.75, 3.05) is 0 Å². The van der Waals surface area contributed by atoms with Gasteiger partial charge in [0.25, 0.3) is 0 Å². The molecule has 0 aromatic heterocycles. The maximum Gasteiger partial charge on any atom is 0 e. The molecule has 1 atom stereocenters. The third kappa shape index (κ3) is 9.35. The Morgan fingerprint density at radius 3 is 1.69 bits per heavy atom. The van der Waals surface area contributed by atoms with Crippen LogP contribution in [0.5, 0.6) is 0 Å². The Kier molecular flexibility index (Phi) is 23.0. The predicted octanol–water partition coefficient (Wildman–Crippen LogP) is 3.51. The molecular weight excluding hydrogens is 391 g/mol. The van der Waals surface area contributed by atoms with Gasteiger partial charge in [-0.2, -0.15) is 0 Å². The van der Waals surface area contributed by atoms with E-state index in [1.54, 1.807) is 0 Å². The van der Waals surface area contributed by atoms with E-state index < -0.39 is 0 Å². The normalized spacial score (nSPS) is 11.8. The van der Waals surface area contributed by atoms with Crippen molar-refractivity contribution in [3.63, 3.8) is 0 Å². The van der Waals surface area contributed by atoms with Crippen LogP contribution in [-0.4, -0.2) is 0 Å². The molecule has 1 unspecified atom stereocenters. The summed E-state index contributed by atoms with van der Waals surface area (Å²) in [7, 11) is -0.352. The van der Waals surface area contributed by atoms with E-state index in [1.807, 2.05) is 0 Å². The summed E-state index contributed by atoms with van der Waals surface area (Å²) in [5.41, 5.74) is 1.34. The largest absolute Gasteiger partial charge is 0 e. The molecule has 0 bridgehead atoms. The smallest absolute Gasteiger partial charge is 0 e. The summed E-state index contributed by atoms with van der Waals surface area (Å²) in [6, 6.07) is 19.4. The summed E-state index contributed by atoms with van der Waals surface area (Å²) in [5.74, 6) is 2.33. The molecule has 0 amide bonds. The van der Waals surface area contributed by atoms with Crippen LogP contribution in [-0.2, 0) is 35.7 Å². The number of fused-ring (bicyclic) bond motifs is 1. The topological polar surface area (TPSA) is 79.6 Å². The average Bonchev–Trinajstić information content (AvgIpc) is 2.97. The molecule has 2 aromatic rings. The number of hydrogen-bond acceptors (Lipinski definition) is 0. The van der Waals surface area contributed by atoms with Crippen molar-refractivity contribution in [3.8, 4) is 0 Å². The quantitative estimate of drug-likeness (QED) is 0.302. The van der Waals surface area contributed by atoms with E-state index in [-0.39, 0.29) is 25.0 Å². The average molecular weight is 404 g/mol. The zero-order valence-corrected chi connectivity index (χ0v) is 15.4. The molecule has 1 aliphatic rings. The molecule has 0 fully saturated rings. The van der Waals surface area contributed by atoms with Gasteiger partial charge in [0.15, 0.2) is 0 Å². The van der Waals surface area contributed by atoms with Gasteiger partial charge in [-0.1, -0.05) is 78.6 Å². The van der Waals surface area contributed by atoms with E-state index in [1.165, 1.54) is 16.2 Å². The third-order valence-electron chi connectivity index (χ3n) is 2.85. The van der Waals surface area contributed by atoms with Crippen molar-refractivity contribution in [2.45, 2.75) is 0 Å². The van der Waals surface area contributed by atoms with Crippen LogP contribution in [0.25, 0.3) is 6.08 Å². The zero-order valence-electron chi connectivity index (χ0n) is 13.4. The molecule has 1 aliphatic heterocycles. The summed E-state index contributed by atoms with van der Waals surface area (Å²) in [6.45, 7) is 18.0. The molecular formula is C20H13FeO4P. The monoisotopic (exact) mass is 404 g/mol. The van der Waals surface area contributed by atoms with Crippen molar-refractivity contribution < 1.29 is 35.7 Å². The summed E-state index contributed by atoms with van der Waals surface area (Å²) < 4.78 is 30.0. The van der Waals surface area contributed by atoms with Gasteiger partial charge >= 0.3 is 45.2 Å². The Balaban J connectivity index is -0.000000524. The van der Waals surface area contributed by atoms with Crippen LogP contribution in [0.2, 0.25) is 0 Å². The summed E-state index contributed by atoms with van der Waals surface area (Å²) in [5, 5.41) is 2.86. The van der Waals surface area contributed by atoms with Crippen LogP contribution < -0.4 is 10.6 Å². The molecule has 6 heteroatoms. The van der Waals surface area contributed by atoms with Crippen molar-refractivity contribution in [1.29, 1.82) is 0 Å². The molecule has 0 N–H and O–H groups in total. The van der Waals surface area contributed by atoms with Gasteiger partial charge in [0.1, 0.15) is 0 Å². The fourth-order valence-electron chi connectivity index (χ4n) is 2.04. The van der Waals surface area contributed by atoms with Gasteiger partial charge in [0.2, 0.25) is 0 Å². The van der Waals surface area contributed by atoms with Crippen molar-refractivity contribution >= 4 is 24.6 Å². The Morgan fingerprint density at radius 2 is 1.12 bits per heavy atom. The number of benzene rings is 2. The Morgan fingerprint density at radius 1 is 0.615 bits per heavy atom. The minimum Gasteiger partial charge on any atom is 0 e. The van der Waals surface area contributed by atoms with Gasteiger partial charge in [-0.15, -0.1) is 0 Å². The maximum atomic E-state index is 7.50. The summed E-state index contributed by atoms with van der Waals surface area (Å²) >= 11 is 0. The molecule has 0 saturated carbocycles. The Labute approximate surface area is 165 Å². The fourth-order valence-corrected chi connectivity index (χ4v) is 4.09. The number of rotatable bonds is 1. The van der Waals surface area contributed by atoms with E-state index >= 15 is 0 Å². The first-order valence-corrected chi connectivity index (χ1v) is 7.96. The second kappa shape index (κ2) is 20.9. The van der Waals surface area contributed by atoms with E-state index in [9.17, 15) is 0 Å². The molecule has 1 heterocycles. The third-order valence-corrected chi connectivity index (χ3v) is 5.10. The van der Waals surface area contributed by atoms with Crippen LogP contribution >= 0.6 is 7.92 Å². The van der Waals surface area contributed by atoms with E-state index in [2.05, 4.69) is 105 Å². The molecule has 130 valence electrons. The predicted molar refractivity (Wildman–Crippen MR) is 93.0 cm³/mol. The Hall–Kier alpha value is -2.17. The van der Waals surface area contributed by atoms with Gasteiger partial charge in [0, 0.05) is 17.1 Å².